The zero-order valence-electron chi connectivity index (χ0n) is 7.13. The zero-order valence-corrected chi connectivity index (χ0v) is 7.13. The van der Waals surface area contributed by atoms with E-state index in [1.807, 2.05) is 6.92 Å². The summed E-state index contributed by atoms with van der Waals surface area (Å²) in [4.78, 5) is 0. The molecule has 1 atom stereocenters. The van der Waals surface area contributed by atoms with Gasteiger partial charge in [0.05, 0.1) is 6.10 Å². The van der Waals surface area contributed by atoms with Crippen molar-refractivity contribution in [2.24, 2.45) is 0 Å². The van der Waals surface area contributed by atoms with Crippen molar-refractivity contribution >= 4 is 0 Å². The number of rotatable bonds is 3. The average molecular weight is 168 g/mol. The third kappa shape index (κ3) is 2.62. The zero-order chi connectivity index (χ0) is 8.97. The molecule has 0 spiro atoms. The molecule has 2 heteroatoms. The Morgan fingerprint density at radius 2 is 1.92 bits per heavy atom. The third-order valence-electron chi connectivity index (χ3n) is 1.86. The van der Waals surface area contributed by atoms with E-state index in [9.17, 15) is 9.50 Å². The molecule has 0 amide bonds. The lowest BCUT2D eigenvalue weighted by atomic mass is 10.1. The summed E-state index contributed by atoms with van der Waals surface area (Å²) in [6.45, 7) is 1.92. The van der Waals surface area contributed by atoms with Crippen LogP contribution in [-0.4, -0.2) is 11.2 Å². The maximum Gasteiger partial charge on any atom is 0.123 e. The minimum absolute atomic E-state index is 0.232. The molecule has 0 aliphatic heterocycles. The van der Waals surface area contributed by atoms with E-state index in [0.29, 0.717) is 6.42 Å². The van der Waals surface area contributed by atoms with E-state index < -0.39 is 0 Å². The molecule has 0 bridgehead atoms. The molecule has 0 radical (unpaired) electrons. The molecule has 0 aliphatic rings. The fourth-order valence-corrected chi connectivity index (χ4v) is 1.04. The first-order valence-electron chi connectivity index (χ1n) is 4.15. The van der Waals surface area contributed by atoms with Crippen molar-refractivity contribution in [2.45, 2.75) is 25.9 Å². The van der Waals surface area contributed by atoms with Crippen molar-refractivity contribution in [1.29, 1.82) is 0 Å². The van der Waals surface area contributed by atoms with Crippen molar-refractivity contribution in [3.05, 3.63) is 35.6 Å². The van der Waals surface area contributed by atoms with Crippen LogP contribution in [0.25, 0.3) is 0 Å². The van der Waals surface area contributed by atoms with E-state index in [4.69, 9.17) is 0 Å². The topological polar surface area (TPSA) is 20.2 Å². The quantitative estimate of drug-likeness (QED) is 0.733. The molecular formula is C10H13FO. The highest BCUT2D eigenvalue weighted by molar-refractivity contribution is 5.16. The van der Waals surface area contributed by atoms with Crippen LogP contribution in [0.1, 0.15) is 18.9 Å². The summed E-state index contributed by atoms with van der Waals surface area (Å²) >= 11 is 0. The summed E-state index contributed by atoms with van der Waals surface area (Å²) in [5.74, 6) is -0.232. The van der Waals surface area contributed by atoms with Crippen LogP contribution in [0.15, 0.2) is 24.3 Å². The molecule has 1 aromatic carbocycles. The average Bonchev–Trinajstić information content (AvgIpc) is 2.09. The van der Waals surface area contributed by atoms with Crippen LogP contribution in [0.5, 0.6) is 0 Å². The van der Waals surface area contributed by atoms with Crippen LogP contribution in [0.3, 0.4) is 0 Å². The fourth-order valence-electron chi connectivity index (χ4n) is 1.04. The Bertz CT molecular complexity index is 230. The van der Waals surface area contributed by atoms with Gasteiger partial charge in [-0.05, 0) is 30.5 Å². The lowest BCUT2D eigenvalue weighted by molar-refractivity contribution is 0.171. The van der Waals surface area contributed by atoms with Crippen LogP contribution >= 0.6 is 0 Å². The maximum atomic E-state index is 12.4. The van der Waals surface area contributed by atoms with E-state index in [0.717, 1.165) is 12.0 Å². The fraction of sp³-hybridized carbons (Fsp3) is 0.400. The molecule has 0 saturated heterocycles. The minimum Gasteiger partial charge on any atom is -0.393 e. The summed E-state index contributed by atoms with van der Waals surface area (Å²) in [6, 6.07) is 6.23. The molecule has 1 aromatic rings. The van der Waals surface area contributed by atoms with Crippen LogP contribution < -0.4 is 0 Å². The van der Waals surface area contributed by atoms with Crippen molar-refractivity contribution in [2.75, 3.05) is 0 Å². The largest absolute Gasteiger partial charge is 0.393 e. The van der Waals surface area contributed by atoms with E-state index in [1.54, 1.807) is 12.1 Å². The first kappa shape index (κ1) is 9.20. The molecule has 1 rings (SSSR count). The molecule has 0 fully saturated rings. The van der Waals surface area contributed by atoms with Gasteiger partial charge in [-0.1, -0.05) is 19.1 Å². The lowest BCUT2D eigenvalue weighted by Crippen LogP contribution is -2.08. The van der Waals surface area contributed by atoms with Crippen molar-refractivity contribution in [3.63, 3.8) is 0 Å². The monoisotopic (exact) mass is 168 g/mol. The number of aliphatic hydroxyl groups is 1. The van der Waals surface area contributed by atoms with Gasteiger partial charge in [0.1, 0.15) is 5.82 Å². The SMILES string of the molecule is CC[C@H](O)Cc1ccc(F)cc1. The van der Waals surface area contributed by atoms with Gasteiger partial charge in [0.25, 0.3) is 0 Å². The summed E-state index contributed by atoms with van der Waals surface area (Å²) in [6.07, 6.45) is 1.03. The third-order valence-corrected chi connectivity index (χ3v) is 1.86. The van der Waals surface area contributed by atoms with Gasteiger partial charge in [-0.25, -0.2) is 4.39 Å². The molecule has 0 aliphatic carbocycles. The van der Waals surface area contributed by atoms with Gasteiger partial charge < -0.3 is 5.11 Å². The number of benzene rings is 1. The standard InChI is InChI=1S/C10H13FO/c1-2-10(12)7-8-3-5-9(11)6-4-8/h3-6,10,12H,2,7H2,1H3/t10-/m0/s1. The molecule has 1 N–H and O–H groups in total. The molecule has 0 heterocycles. The molecule has 0 aromatic heterocycles. The normalized spacial score (nSPS) is 12.9. The Balaban J connectivity index is 2.58. The first-order valence-corrected chi connectivity index (χ1v) is 4.15. The number of halogens is 1. The molecule has 66 valence electrons. The first-order chi connectivity index (χ1) is 5.72. The van der Waals surface area contributed by atoms with E-state index in [1.165, 1.54) is 12.1 Å². The minimum atomic E-state index is -0.310. The summed E-state index contributed by atoms with van der Waals surface area (Å²) in [7, 11) is 0. The highest BCUT2D eigenvalue weighted by atomic mass is 19.1. The van der Waals surface area contributed by atoms with Crippen molar-refractivity contribution < 1.29 is 9.50 Å². The highest BCUT2D eigenvalue weighted by Gasteiger charge is 2.01. The predicted octanol–water partition coefficient (Wildman–Crippen LogP) is 2.14. The van der Waals surface area contributed by atoms with Crippen LogP contribution in [-0.2, 0) is 6.42 Å². The van der Waals surface area contributed by atoms with Gasteiger partial charge in [0.2, 0.25) is 0 Å². The molecule has 12 heavy (non-hydrogen) atoms. The number of hydrogen-bond acceptors (Lipinski definition) is 1. The lowest BCUT2D eigenvalue weighted by Gasteiger charge is -2.06. The van der Waals surface area contributed by atoms with E-state index >= 15 is 0 Å². The van der Waals surface area contributed by atoms with Gasteiger partial charge in [0.15, 0.2) is 0 Å². The van der Waals surface area contributed by atoms with Crippen molar-refractivity contribution in [1.82, 2.24) is 0 Å². The smallest absolute Gasteiger partial charge is 0.123 e. The van der Waals surface area contributed by atoms with Crippen LogP contribution in [0.4, 0.5) is 4.39 Å². The Kier molecular flexibility index (Phi) is 3.23. The second-order valence-electron chi connectivity index (χ2n) is 2.89. The second-order valence-corrected chi connectivity index (χ2v) is 2.89. The maximum absolute atomic E-state index is 12.4. The van der Waals surface area contributed by atoms with Gasteiger partial charge in [-0.2, -0.15) is 0 Å². The van der Waals surface area contributed by atoms with Crippen LogP contribution in [0, 0.1) is 5.82 Å². The molecule has 0 unspecified atom stereocenters. The predicted molar refractivity (Wildman–Crippen MR) is 46.4 cm³/mol. The van der Waals surface area contributed by atoms with Crippen molar-refractivity contribution in [3.8, 4) is 0 Å². The van der Waals surface area contributed by atoms with E-state index in [-0.39, 0.29) is 11.9 Å². The Labute approximate surface area is 71.9 Å². The second kappa shape index (κ2) is 4.21. The molecule has 1 nitrogen and oxygen atoms in total. The summed E-state index contributed by atoms with van der Waals surface area (Å²) < 4.78 is 12.4. The summed E-state index contributed by atoms with van der Waals surface area (Å²) in [5.41, 5.74) is 0.978. The Morgan fingerprint density at radius 1 is 1.33 bits per heavy atom. The Morgan fingerprint density at radius 3 is 2.42 bits per heavy atom. The molecular weight excluding hydrogens is 155 g/mol. The van der Waals surface area contributed by atoms with Gasteiger partial charge in [-0.15, -0.1) is 0 Å². The van der Waals surface area contributed by atoms with Gasteiger partial charge in [0, 0.05) is 0 Å². The summed E-state index contributed by atoms with van der Waals surface area (Å²) in [5, 5.41) is 9.29. The number of hydrogen-bond donors (Lipinski definition) is 1. The Hall–Kier alpha value is -0.890. The number of aliphatic hydroxyl groups excluding tert-OH is 1. The van der Waals surface area contributed by atoms with Gasteiger partial charge in [-0.3, -0.25) is 0 Å². The molecule has 0 saturated carbocycles. The van der Waals surface area contributed by atoms with Crippen LogP contribution in [0.2, 0.25) is 0 Å². The highest BCUT2D eigenvalue weighted by Crippen LogP contribution is 2.06. The van der Waals surface area contributed by atoms with E-state index in [2.05, 4.69) is 0 Å². The van der Waals surface area contributed by atoms with Gasteiger partial charge >= 0.3 is 0 Å².